The summed E-state index contributed by atoms with van der Waals surface area (Å²) in [7, 11) is 0. The normalized spacial score (nSPS) is 13.9. The van der Waals surface area contributed by atoms with Gasteiger partial charge >= 0.3 is 0 Å². The van der Waals surface area contributed by atoms with Crippen LogP contribution in [0.3, 0.4) is 0 Å². The van der Waals surface area contributed by atoms with E-state index in [1.807, 2.05) is 6.92 Å². The van der Waals surface area contributed by atoms with E-state index < -0.39 is 11.4 Å². The van der Waals surface area contributed by atoms with Crippen molar-refractivity contribution >= 4 is 0 Å². The zero-order valence-electron chi connectivity index (χ0n) is 10.9. The van der Waals surface area contributed by atoms with Crippen LogP contribution in [0.15, 0.2) is 42.7 Å². The molecule has 1 atom stereocenters. The largest absolute Gasteiger partial charge is 0.492 e. The summed E-state index contributed by atoms with van der Waals surface area (Å²) in [4.78, 5) is 4.02. The van der Waals surface area contributed by atoms with Gasteiger partial charge in [-0.1, -0.05) is 18.2 Å². The van der Waals surface area contributed by atoms with Crippen LogP contribution in [-0.4, -0.2) is 16.7 Å². The molecule has 4 heteroatoms. The van der Waals surface area contributed by atoms with Gasteiger partial charge < -0.3 is 9.84 Å². The summed E-state index contributed by atoms with van der Waals surface area (Å²) in [6.45, 7) is 3.91. The Morgan fingerprint density at radius 1 is 1.32 bits per heavy atom. The predicted molar refractivity (Wildman–Crippen MR) is 70.5 cm³/mol. The molecule has 0 aliphatic carbocycles. The highest BCUT2D eigenvalue weighted by Gasteiger charge is 2.29. The van der Waals surface area contributed by atoms with Gasteiger partial charge in [-0.2, -0.15) is 0 Å². The zero-order chi connectivity index (χ0) is 13.9. The number of rotatable bonds is 4. The lowest BCUT2D eigenvalue weighted by Crippen LogP contribution is -2.24. The fraction of sp³-hybridized carbons (Fsp3) is 0.267. The Morgan fingerprint density at radius 3 is 2.74 bits per heavy atom. The van der Waals surface area contributed by atoms with Crippen LogP contribution in [0.1, 0.15) is 25.0 Å². The molecule has 1 heterocycles. The minimum absolute atomic E-state index is 0.213. The number of ether oxygens (including phenoxy) is 1. The van der Waals surface area contributed by atoms with E-state index in [2.05, 4.69) is 4.98 Å². The molecule has 1 aromatic heterocycles. The fourth-order valence-electron chi connectivity index (χ4n) is 1.94. The van der Waals surface area contributed by atoms with Gasteiger partial charge in [-0.3, -0.25) is 4.98 Å². The van der Waals surface area contributed by atoms with Gasteiger partial charge in [-0.25, -0.2) is 4.39 Å². The summed E-state index contributed by atoms with van der Waals surface area (Å²) in [5, 5.41) is 10.6. The number of aliphatic hydroxyl groups is 1. The lowest BCUT2D eigenvalue weighted by molar-refractivity contribution is 0.0972. The van der Waals surface area contributed by atoms with Crippen molar-refractivity contribution in [3.05, 3.63) is 59.7 Å². The van der Waals surface area contributed by atoms with Crippen molar-refractivity contribution in [2.75, 3.05) is 6.61 Å². The molecule has 19 heavy (non-hydrogen) atoms. The average molecular weight is 261 g/mol. The Labute approximate surface area is 111 Å². The van der Waals surface area contributed by atoms with Gasteiger partial charge in [0.05, 0.1) is 12.8 Å². The number of benzene rings is 1. The topological polar surface area (TPSA) is 42.4 Å². The van der Waals surface area contributed by atoms with Crippen LogP contribution < -0.4 is 4.74 Å². The quantitative estimate of drug-likeness (QED) is 0.920. The van der Waals surface area contributed by atoms with E-state index >= 15 is 0 Å². The van der Waals surface area contributed by atoms with Crippen molar-refractivity contribution in [3.63, 3.8) is 0 Å². The standard InChI is InChI=1S/C15H16FNO2/c1-3-19-12-8-11(9-17-10-12)15(2,18)13-6-4-5-7-14(13)16/h4-10,18H,3H2,1-2H3. The Kier molecular flexibility index (Phi) is 3.81. The van der Waals surface area contributed by atoms with Gasteiger partial charge in [0.2, 0.25) is 0 Å². The molecule has 2 aromatic rings. The molecule has 0 amide bonds. The number of hydrogen-bond donors (Lipinski definition) is 1. The minimum Gasteiger partial charge on any atom is -0.492 e. The molecular weight excluding hydrogens is 245 g/mol. The second-order valence-electron chi connectivity index (χ2n) is 4.39. The molecule has 0 saturated carbocycles. The maximum atomic E-state index is 13.8. The van der Waals surface area contributed by atoms with Gasteiger partial charge in [0.15, 0.2) is 0 Å². The molecule has 0 radical (unpaired) electrons. The highest BCUT2D eigenvalue weighted by molar-refractivity contribution is 5.37. The maximum Gasteiger partial charge on any atom is 0.137 e. The summed E-state index contributed by atoms with van der Waals surface area (Å²) in [6, 6.07) is 7.83. The fourth-order valence-corrected chi connectivity index (χ4v) is 1.94. The van der Waals surface area contributed by atoms with Crippen LogP contribution >= 0.6 is 0 Å². The second-order valence-corrected chi connectivity index (χ2v) is 4.39. The summed E-state index contributed by atoms with van der Waals surface area (Å²) in [5.74, 6) is 0.103. The molecule has 1 unspecified atom stereocenters. The number of aromatic nitrogens is 1. The van der Waals surface area contributed by atoms with E-state index in [1.165, 1.54) is 19.2 Å². The molecule has 0 bridgehead atoms. The molecule has 1 aromatic carbocycles. The lowest BCUT2D eigenvalue weighted by Gasteiger charge is -2.25. The third kappa shape index (κ3) is 2.74. The van der Waals surface area contributed by atoms with Gasteiger partial charge in [0.25, 0.3) is 0 Å². The Balaban J connectivity index is 2.44. The molecule has 0 fully saturated rings. The third-order valence-electron chi connectivity index (χ3n) is 2.98. The van der Waals surface area contributed by atoms with Crippen LogP contribution in [0, 0.1) is 5.82 Å². The average Bonchev–Trinajstić information content (AvgIpc) is 2.40. The summed E-state index contributed by atoms with van der Waals surface area (Å²) >= 11 is 0. The van der Waals surface area contributed by atoms with Gasteiger partial charge in [-0.05, 0) is 26.0 Å². The summed E-state index contributed by atoms with van der Waals surface area (Å²) in [6.07, 6.45) is 3.07. The van der Waals surface area contributed by atoms with Crippen molar-refractivity contribution in [2.24, 2.45) is 0 Å². The van der Waals surface area contributed by atoms with E-state index in [4.69, 9.17) is 4.74 Å². The maximum absolute atomic E-state index is 13.8. The highest BCUT2D eigenvalue weighted by atomic mass is 19.1. The van der Waals surface area contributed by atoms with Crippen LogP contribution in [0.25, 0.3) is 0 Å². The third-order valence-corrected chi connectivity index (χ3v) is 2.98. The summed E-state index contributed by atoms with van der Waals surface area (Å²) < 4.78 is 19.1. The molecule has 0 aliphatic heterocycles. The van der Waals surface area contributed by atoms with E-state index in [9.17, 15) is 9.50 Å². The first-order valence-corrected chi connectivity index (χ1v) is 6.11. The monoisotopic (exact) mass is 261 g/mol. The van der Waals surface area contributed by atoms with E-state index in [0.29, 0.717) is 17.9 Å². The Hall–Kier alpha value is -1.94. The summed E-state index contributed by atoms with van der Waals surface area (Å²) in [5.41, 5.74) is -0.750. The SMILES string of the molecule is CCOc1cncc(C(C)(O)c2ccccc2F)c1. The van der Waals surface area contributed by atoms with Gasteiger partial charge in [0.1, 0.15) is 17.2 Å². The van der Waals surface area contributed by atoms with E-state index in [0.717, 1.165) is 0 Å². The second kappa shape index (κ2) is 5.36. The van der Waals surface area contributed by atoms with Crippen molar-refractivity contribution in [1.29, 1.82) is 0 Å². The first-order valence-electron chi connectivity index (χ1n) is 6.11. The molecule has 3 nitrogen and oxygen atoms in total. The van der Waals surface area contributed by atoms with Gasteiger partial charge in [-0.15, -0.1) is 0 Å². The highest BCUT2D eigenvalue weighted by Crippen LogP contribution is 2.31. The lowest BCUT2D eigenvalue weighted by atomic mass is 9.89. The van der Waals surface area contributed by atoms with E-state index in [1.54, 1.807) is 30.5 Å². The van der Waals surface area contributed by atoms with Crippen LogP contribution in [-0.2, 0) is 5.60 Å². The Bertz CT molecular complexity index is 570. The number of halogens is 1. The molecule has 0 spiro atoms. The molecule has 2 rings (SSSR count). The molecule has 1 N–H and O–H groups in total. The van der Waals surface area contributed by atoms with Crippen molar-refractivity contribution in [1.82, 2.24) is 4.98 Å². The van der Waals surface area contributed by atoms with Crippen molar-refractivity contribution in [3.8, 4) is 5.75 Å². The number of nitrogens with zero attached hydrogens (tertiary/aromatic N) is 1. The molecule has 0 saturated heterocycles. The predicted octanol–water partition coefficient (Wildman–Crippen LogP) is 2.88. The van der Waals surface area contributed by atoms with Crippen molar-refractivity contribution in [2.45, 2.75) is 19.4 Å². The molecule has 100 valence electrons. The first-order chi connectivity index (χ1) is 9.05. The molecular formula is C15H16FNO2. The van der Waals surface area contributed by atoms with Gasteiger partial charge in [0, 0.05) is 17.3 Å². The first kappa shape index (κ1) is 13.5. The number of pyridine rings is 1. The molecule has 0 aliphatic rings. The zero-order valence-corrected chi connectivity index (χ0v) is 10.9. The Morgan fingerprint density at radius 2 is 2.05 bits per heavy atom. The smallest absolute Gasteiger partial charge is 0.137 e. The van der Waals surface area contributed by atoms with Crippen LogP contribution in [0.5, 0.6) is 5.75 Å². The van der Waals surface area contributed by atoms with Crippen molar-refractivity contribution < 1.29 is 14.2 Å². The van der Waals surface area contributed by atoms with Crippen LogP contribution in [0.4, 0.5) is 4.39 Å². The number of hydrogen-bond acceptors (Lipinski definition) is 3. The minimum atomic E-state index is -1.45. The van der Waals surface area contributed by atoms with Crippen LogP contribution in [0.2, 0.25) is 0 Å². The van der Waals surface area contributed by atoms with E-state index in [-0.39, 0.29) is 5.56 Å².